The van der Waals surface area contributed by atoms with E-state index in [2.05, 4.69) is 12.2 Å². The van der Waals surface area contributed by atoms with Crippen molar-refractivity contribution in [2.75, 3.05) is 12.3 Å². The molecule has 1 unspecified atom stereocenters. The molecule has 1 fully saturated rings. The van der Waals surface area contributed by atoms with E-state index in [0.717, 1.165) is 0 Å². The number of anilines is 1. The molecule has 1 aliphatic rings. The molecule has 1 aliphatic carbocycles. The number of hydrogen-bond donors (Lipinski definition) is 2. The van der Waals surface area contributed by atoms with Gasteiger partial charge in [0, 0.05) is 11.6 Å². The minimum Gasteiger partial charge on any atom is -0.492 e. The zero-order chi connectivity index (χ0) is 13.8. The normalized spacial score (nSPS) is 16.5. The van der Waals surface area contributed by atoms with Crippen LogP contribution in [0.2, 0.25) is 0 Å². The summed E-state index contributed by atoms with van der Waals surface area (Å²) >= 11 is 0. The monoisotopic (exact) mass is 262 g/mol. The van der Waals surface area contributed by atoms with Crippen molar-refractivity contribution in [3.05, 3.63) is 23.8 Å². The van der Waals surface area contributed by atoms with Crippen LogP contribution < -0.4 is 15.8 Å². The first-order valence-electron chi connectivity index (χ1n) is 6.95. The number of benzene rings is 1. The van der Waals surface area contributed by atoms with Gasteiger partial charge in [0.1, 0.15) is 5.75 Å². The molecule has 1 aromatic rings. The van der Waals surface area contributed by atoms with Crippen molar-refractivity contribution in [1.29, 1.82) is 0 Å². The minimum atomic E-state index is -0.0610. The van der Waals surface area contributed by atoms with Crippen molar-refractivity contribution in [2.45, 2.75) is 39.2 Å². The van der Waals surface area contributed by atoms with Gasteiger partial charge >= 0.3 is 0 Å². The van der Waals surface area contributed by atoms with E-state index in [1.54, 1.807) is 18.2 Å². The van der Waals surface area contributed by atoms with Gasteiger partial charge < -0.3 is 15.8 Å². The van der Waals surface area contributed by atoms with Gasteiger partial charge in [-0.25, -0.2) is 0 Å². The standard InChI is InChI=1S/C15H22N2O2/c1-3-19-14-8-7-12(9-13(14)16)15(18)17-10(2)11-5-4-6-11/h7-11H,3-6,16H2,1-2H3,(H,17,18). The van der Waals surface area contributed by atoms with E-state index < -0.39 is 0 Å². The predicted octanol–water partition coefficient (Wildman–Crippen LogP) is 2.59. The molecule has 1 amide bonds. The van der Waals surface area contributed by atoms with Gasteiger partial charge in [-0.1, -0.05) is 6.42 Å². The number of nitrogens with one attached hydrogen (secondary N) is 1. The van der Waals surface area contributed by atoms with Crippen LogP contribution in [0.3, 0.4) is 0 Å². The second-order valence-corrected chi connectivity index (χ2v) is 5.14. The first kappa shape index (κ1) is 13.7. The fraction of sp³-hybridized carbons (Fsp3) is 0.533. The van der Waals surface area contributed by atoms with Gasteiger partial charge in [-0.2, -0.15) is 0 Å². The molecule has 2 rings (SSSR count). The zero-order valence-electron chi connectivity index (χ0n) is 11.6. The van der Waals surface area contributed by atoms with Crippen LogP contribution >= 0.6 is 0 Å². The van der Waals surface area contributed by atoms with E-state index in [4.69, 9.17) is 10.5 Å². The molecule has 0 radical (unpaired) electrons. The third-order valence-electron chi connectivity index (χ3n) is 3.79. The molecule has 0 spiro atoms. The summed E-state index contributed by atoms with van der Waals surface area (Å²) in [5.74, 6) is 1.20. The molecule has 104 valence electrons. The lowest BCUT2D eigenvalue weighted by Gasteiger charge is -2.31. The molecule has 19 heavy (non-hydrogen) atoms. The van der Waals surface area contributed by atoms with Gasteiger partial charge in [0.15, 0.2) is 0 Å². The van der Waals surface area contributed by atoms with Crippen molar-refractivity contribution >= 4 is 11.6 Å². The highest BCUT2D eigenvalue weighted by Gasteiger charge is 2.25. The van der Waals surface area contributed by atoms with Crippen molar-refractivity contribution in [3.8, 4) is 5.75 Å². The first-order valence-corrected chi connectivity index (χ1v) is 6.95. The minimum absolute atomic E-state index is 0.0610. The Labute approximate surface area is 114 Å². The number of carbonyl (C=O) groups excluding carboxylic acids is 1. The number of rotatable bonds is 5. The Morgan fingerprint density at radius 3 is 2.79 bits per heavy atom. The Hall–Kier alpha value is -1.71. The highest BCUT2D eigenvalue weighted by atomic mass is 16.5. The van der Waals surface area contributed by atoms with Gasteiger partial charge in [0.05, 0.1) is 12.3 Å². The van der Waals surface area contributed by atoms with Crippen LogP contribution in [0.25, 0.3) is 0 Å². The quantitative estimate of drug-likeness (QED) is 0.802. The lowest BCUT2D eigenvalue weighted by molar-refractivity contribution is 0.0909. The molecule has 0 bridgehead atoms. The Bertz CT molecular complexity index is 455. The number of carbonyl (C=O) groups is 1. The Morgan fingerprint density at radius 1 is 1.53 bits per heavy atom. The van der Waals surface area contributed by atoms with Gasteiger partial charge in [-0.05, 0) is 50.8 Å². The number of nitrogens with two attached hydrogens (primary N) is 1. The molecule has 4 heteroatoms. The van der Waals surface area contributed by atoms with Gasteiger partial charge in [0.25, 0.3) is 5.91 Å². The van der Waals surface area contributed by atoms with Crippen LogP contribution in [0.4, 0.5) is 5.69 Å². The summed E-state index contributed by atoms with van der Waals surface area (Å²) in [6, 6.07) is 5.41. The second kappa shape index (κ2) is 5.95. The number of hydrogen-bond acceptors (Lipinski definition) is 3. The summed E-state index contributed by atoms with van der Waals surface area (Å²) in [4.78, 5) is 12.1. The fourth-order valence-electron chi connectivity index (χ4n) is 2.32. The summed E-state index contributed by atoms with van der Waals surface area (Å²) < 4.78 is 5.36. The molecule has 1 atom stereocenters. The fourth-order valence-corrected chi connectivity index (χ4v) is 2.32. The van der Waals surface area contributed by atoms with Crippen LogP contribution in [0, 0.1) is 5.92 Å². The van der Waals surface area contributed by atoms with Crippen LogP contribution in [-0.4, -0.2) is 18.6 Å². The third-order valence-corrected chi connectivity index (χ3v) is 3.79. The van der Waals surface area contributed by atoms with E-state index in [1.165, 1.54) is 19.3 Å². The summed E-state index contributed by atoms with van der Waals surface area (Å²) in [6.07, 6.45) is 3.71. The van der Waals surface area contributed by atoms with Crippen molar-refractivity contribution in [3.63, 3.8) is 0 Å². The summed E-state index contributed by atoms with van der Waals surface area (Å²) in [5.41, 5.74) is 6.96. The highest BCUT2D eigenvalue weighted by molar-refractivity contribution is 5.95. The van der Waals surface area contributed by atoms with E-state index in [1.807, 2.05) is 6.92 Å². The number of amides is 1. The highest BCUT2D eigenvalue weighted by Crippen LogP contribution is 2.29. The van der Waals surface area contributed by atoms with Crippen molar-refractivity contribution in [1.82, 2.24) is 5.32 Å². The first-order chi connectivity index (χ1) is 9.11. The van der Waals surface area contributed by atoms with Crippen molar-refractivity contribution < 1.29 is 9.53 Å². The van der Waals surface area contributed by atoms with Crippen LogP contribution in [0.1, 0.15) is 43.5 Å². The molecule has 1 aromatic carbocycles. The number of nitrogen functional groups attached to an aromatic ring is 1. The van der Waals surface area contributed by atoms with Crippen LogP contribution in [0.5, 0.6) is 5.75 Å². The molecular formula is C15H22N2O2. The largest absolute Gasteiger partial charge is 0.492 e. The average Bonchev–Trinajstić information content (AvgIpc) is 2.29. The molecule has 1 saturated carbocycles. The maximum atomic E-state index is 12.1. The SMILES string of the molecule is CCOc1ccc(C(=O)NC(C)C2CCC2)cc1N. The second-order valence-electron chi connectivity index (χ2n) is 5.14. The lowest BCUT2D eigenvalue weighted by atomic mass is 9.80. The van der Waals surface area contributed by atoms with E-state index in [-0.39, 0.29) is 11.9 Å². The van der Waals surface area contributed by atoms with Gasteiger partial charge in [-0.15, -0.1) is 0 Å². The Morgan fingerprint density at radius 2 is 2.26 bits per heavy atom. The maximum absolute atomic E-state index is 12.1. The van der Waals surface area contributed by atoms with Crippen molar-refractivity contribution in [2.24, 2.45) is 5.92 Å². The van der Waals surface area contributed by atoms with Gasteiger partial charge in [0.2, 0.25) is 0 Å². The topological polar surface area (TPSA) is 64.3 Å². The van der Waals surface area contributed by atoms with Crippen LogP contribution in [-0.2, 0) is 0 Å². The number of ether oxygens (including phenoxy) is 1. The lowest BCUT2D eigenvalue weighted by Crippen LogP contribution is -2.40. The Kier molecular flexibility index (Phi) is 4.30. The summed E-state index contributed by atoms with van der Waals surface area (Å²) in [7, 11) is 0. The zero-order valence-corrected chi connectivity index (χ0v) is 11.6. The summed E-state index contributed by atoms with van der Waals surface area (Å²) in [6.45, 7) is 4.54. The molecule has 3 N–H and O–H groups in total. The molecule has 0 saturated heterocycles. The molecule has 0 heterocycles. The smallest absolute Gasteiger partial charge is 0.251 e. The molecule has 0 aliphatic heterocycles. The maximum Gasteiger partial charge on any atom is 0.251 e. The summed E-state index contributed by atoms with van der Waals surface area (Å²) in [5, 5.41) is 3.04. The molecular weight excluding hydrogens is 240 g/mol. The molecule has 0 aromatic heterocycles. The van der Waals surface area contributed by atoms with Crippen LogP contribution in [0.15, 0.2) is 18.2 Å². The third kappa shape index (κ3) is 3.19. The van der Waals surface area contributed by atoms with E-state index in [9.17, 15) is 4.79 Å². The predicted molar refractivity (Wildman–Crippen MR) is 76.3 cm³/mol. The Balaban J connectivity index is 2.00. The van der Waals surface area contributed by atoms with Gasteiger partial charge in [-0.3, -0.25) is 4.79 Å². The average molecular weight is 262 g/mol. The van der Waals surface area contributed by atoms with E-state index >= 15 is 0 Å². The van der Waals surface area contributed by atoms with E-state index in [0.29, 0.717) is 29.5 Å². The molecule has 4 nitrogen and oxygen atoms in total.